The van der Waals surface area contributed by atoms with E-state index in [1.54, 1.807) is 0 Å². The fraction of sp³-hybridized carbons (Fsp3) is 0.0270. The summed E-state index contributed by atoms with van der Waals surface area (Å²) in [5.41, 5.74) is 5.64. The van der Waals surface area contributed by atoms with Gasteiger partial charge in [-0.1, -0.05) is 0 Å². The number of hydrogen-bond acceptors (Lipinski definition) is 0. The summed E-state index contributed by atoms with van der Waals surface area (Å²) in [7, 11) is 0. The Bertz CT molecular complexity index is 1490. The number of benzene rings is 6. The van der Waals surface area contributed by atoms with Gasteiger partial charge >= 0.3 is 226 Å². The van der Waals surface area contributed by atoms with E-state index in [1.807, 2.05) is 0 Å². The third-order valence-electron chi connectivity index (χ3n) is 8.49. The van der Waals surface area contributed by atoms with Crippen LogP contribution in [0.4, 0.5) is 0 Å². The van der Waals surface area contributed by atoms with Crippen molar-refractivity contribution < 1.29 is 0 Å². The monoisotopic (exact) mass is 504 g/mol. The summed E-state index contributed by atoms with van der Waals surface area (Å²) in [5.74, 6) is 0. The summed E-state index contributed by atoms with van der Waals surface area (Å²) >= 11 is 0. The Morgan fingerprint density at radius 1 is 0.289 bits per heavy atom. The van der Waals surface area contributed by atoms with Crippen LogP contribution in [0.3, 0.4) is 0 Å². The molecule has 6 aromatic carbocycles. The Balaban J connectivity index is 1.82. The molecule has 0 aliphatic heterocycles. The molecule has 0 fully saturated rings. The topological polar surface area (TPSA) is 0 Å². The molecule has 1 aliphatic rings. The van der Waals surface area contributed by atoms with Gasteiger partial charge in [0.1, 0.15) is 0 Å². The summed E-state index contributed by atoms with van der Waals surface area (Å²) in [6.07, 6.45) is 0. The summed E-state index contributed by atoms with van der Waals surface area (Å²) in [4.78, 5) is 0. The molecule has 0 radical (unpaired) electrons. The predicted octanol–water partition coefficient (Wildman–Crippen LogP) is 7.61. The van der Waals surface area contributed by atoms with Gasteiger partial charge in [-0.15, -0.1) is 0 Å². The van der Waals surface area contributed by atoms with Crippen molar-refractivity contribution in [2.24, 2.45) is 0 Å². The van der Waals surface area contributed by atoms with Crippen LogP contribution in [-0.2, 0) is 0 Å². The van der Waals surface area contributed by atoms with Gasteiger partial charge in [-0.25, -0.2) is 0 Å². The van der Waals surface area contributed by atoms with Gasteiger partial charge in [-0.05, 0) is 0 Å². The van der Waals surface area contributed by atoms with E-state index < -0.39 is 6.60 Å². The average Bonchev–Trinajstić information content (AvgIpc) is 3.36. The molecule has 38 heavy (non-hydrogen) atoms. The third-order valence-corrected chi connectivity index (χ3v) is 15.6. The van der Waals surface area contributed by atoms with E-state index >= 15 is 0 Å². The van der Waals surface area contributed by atoms with E-state index in [1.165, 1.54) is 43.5 Å². The van der Waals surface area contributed by atoms with Crippen LogP contribution in [0.1, 0.15) is 16.8 Å². The summed E-state index contributed by atoms with van der Waals surface area (Å²) in [6, 6.07) is 63.6. The minimum atomic E-state index is -3.47. The first kappa shape index (κ1) is 22.9. The Morgan fingerprint density at radius 3 is 0.868 bits per heavy atom. The fourth-order valence-electron chi connectivity index (χ4n) is 7.13. The van der Waals surface area contributed by atoms with Crippen LogP contribution in [0.15, 0.2) is 170 Å². The van der Waals surface area contributed by atoms with E-state index in [4.69, 9.17) is 0 Å². The van der Waals surface area contributed by atoms with E-state index in [9.17, 15) is 0 Å². The van der Waals surface area contributed by atoms with Gasteiger partial charge in [0.2, 0.25) is 0 Å². The van der Waals surface area contributed by atoms with Crippen molar-refractivity contribution in [3.05, 3.63) is 181 Å². The molecule has 1 heteroatoms. The van der Waals surface area contributed by atoms with Crippen molar-refractivity contribution in [2.45, 2.75) is 5.66 Å². The van der Waals surface area contributed by atoms with Crippen molar-refractivity contribution in [3.63, 3.8) is 0 Å². The number of rotatable bonds is 5. The van der Waals surface area contributed by atoms with Gasteiger partial charge in [-0.2, -0.15) is 0 Å². The Hall–Kier alpha value is -4.25. The molecule has 0 heterocycles. The molecule has 0 aromatic heterocycles. The molecule has 0 N–H and O–H groups in total. The normalized spacial score (nSPS) is 13.7. The van der Waals surface area contributed by atoms with Crippen LogP contribution in [-0.4, -0.2) is 0 Å². The van der Waals surface area contributed by atoms with Gasteiger partial charge in [-0.3, -0.25) is 0 Å². The molecule has 0 nitrogen and oxygen atoms in total. The van der Waals surface area contributed by atoms with Crippen molar-refractivity contribution in [2.75, 3.05) is 0 Å². The Morgan fingerprint density at radius 2 is 0.553 bits per heavy atom. The molecule has 0 saturated carbocycles. The maximum absolute atomic E-state index is 3.47. The maximum atomic E-state index is 2.38. The van der Waals surface area contributed by atoms with Crippen molar-refractivity contribution in [3.8, 4) is 11.1 Å². The van der Waals surface area contributed by atoms with Crippen LogP contribution < -0.4 is 21.2 Å². The van der Waals surface area contributed by atoms with Crippen LogP contribution >= 0.6 is 6.60 Å². The first-order chi connectivity index (χ1) is 18.9. The second-order valence-electron chi connectivity index (χ2n) is 10.1. The van der Waals surface area contributed by atoms with Gasteiger partial charge < -0.3 is 0 Å². The number of hydrogen-bond donors (Lipinski definition) is 0. The third kappa shape index (κ3) is 2.90. The standard InChI is InChI=1S/C37H29P/c1-5-17-29(18-6-1)38(30-19-7-2-8-20-30,31-21-9-3-10-22-31,32-23-11-4-12-24-32)37-35-27-15-13-25-33(35)34-26-14-16-28-36(34)37/h1-28,37H. The number of fused-ring (bicyclic) bond motifs is 3. The fourth-order valence-corrected chi connectivity index (χ4v) is 14.8. The molecule has 6 aromatic rings. The van der Waals surface area contributed by atoms with Gasteiger partial charge in [0, 0.05) is 0 Å². The van der Waals surface area contributed by atoms with E-state index in [-0.39, 0.29) is 5.66 Å². The first-order valence-electron chi connectivity index (χ1n) is 13.3. The minimum absolute atomic E-state index is 0.128. The summed E-state index contributed by atoms with van der Waals surface area (Å²) in [6.45, 7) is -3.47. The van der Waals surface area contributed by atoms with Crippen LogP contribution in [0.5, 0.6) is 0 Å². The Labute approximate surface area is 225 Å². The molecule has 7 rings (SSSR count). The molecule has 0 unspecified atom stereocenters. The molecule has 0 atom stereocenters. The van der Waals surface area contributed by atoms with Crippen LogP contribution in [0.25, 0.3) is 11.1 Å². The molecule has 1 aliphatic carbocycles. The second kappa shape index (κ2) is 8.95. The molecular formula is C37H29P. The van der Waals surface area contributed by atoms with Gasteiger partial charge in [0.05, 0.1) is 0 Å². The quantitative estimate of drug-likeness (QED) is 0.212. The van der Waals surface area contributed by atoms with E-state index in [2.05, 4.69) is 170 Å². The molecular weight excluding hydrogens is 475 g/mol. The van der Waals surface area contributed by atoms with Gasteiger partial charge in [0.25, 0.3) is 0 Å². The average molecular weight is 505 g/mol. The molecule has 0 bridgehead atoms. The zero-order valence-corrected chi connectivity index (χ0v) is 22.1. The van der Waals surface area contributed by atoms with Crippen molar-refractivity contribution in [1.29, 1.82) is 0 Å². The van der Waals surface area contributed by atoms with Crippen LogP contribution in [0, 0.1) is 0 Å². The summed E-state index contributed by atoms with van der Waals surface area (Å²) < 4.78 is 0. The van der Waals surface area contributed by atoms with E-state index in [0.717, 1.165) is 0 Å². The summed E-state index contributed by atoms with van der Waals surface area (Å²) in [5, 5.41) is 5.55. The van der Waals surface area contributed by atoms with Crippen molar-refractivity contribution in [1.82, 2.24) is 0 Å². The second-order valence-corrected chi connectivity index (χ2v) is 15.1. The van der Waals surface area contributed by atoms with Gasteiger partial charge in [0.15, 0.2) is 0 Å². The molecule has 0 saturated heterocycles. The molecule has 182 valence electrons. The van der Waals surface area contributed by atoms with Crippen LogP contribution in [0.2, 0.25) is 0 Å². The SMILES string of the molecule is c1ccc(P(c2ccccc2)(c2ccccc2)(c2ccccc2)C2c3ccccc3-c3ccccc32)cc1. The first-order valence-corrected chi connectivity index (χ1v) is 15.6. The Kier molecular flexibility index (Phi) is 5.39. The zero-order valence-electron chi connectivity index (χ0n) is 21.2. The van der Waals surface area contributed by atoms with Crippen molar-refractivity contribution >= 4 is 27.8 Å². The van der Waals surface area contributed by atoms with E-state index in [0.29, 0.717) is 0 Å². The molecule has 0 amide bonds. The molecule has 0 spiro atoms. The zero-order chi connectivity index (χ0) is 25.4. The predicted molar refractivity (Wildman–Crippen MR) is 165 cm³/mol.